The highest BCUT2D eigenvalue weighted by Crippen LogP contribution is 2.17. The zero-order valence-corrected chi connectivity index (χ0v) is 11.1. The Kier molecular flexibility index (Phi) is 8.88. The van der Waals surface area contributed by atoms with Gasteiger partial charge in [-0.3, -0.25) is 0 Å². The number of rotatable bonds is 5. The maximum absolute atomic E-state index is 12.7. The van der Waals surface area contributed by atoms with Crippen molar-refractivity contribution in [3.8, 4) is 0 Å². The Balaban J connectivity index is 0.00000106. The molecule has 1 heteroatoms. The van der Waals surface area contributed by atoms with Gasteiger partial charge in [0.2, 0.25) is 0 Å². The Morgan fingerprint density at radius 1 is 1.06 bits per heavy atom. The molecule has 1 rings (SSSR count). The highest BCUT2D eigenvalue weighted by molar-refractivity contribution is 5.16. The molecule has 16 heavy (non-hydrogen) atoms. The Morgan fingerprint density at radius 2 is 1.62 bits per heavy atom. The van der Waals surface area contributed by atoms with Gasteiger partial charge < -0.3 is 0 Å². The van der Waals surface area contributed by atoms with Crippen LogP contribution in [-0.2, 0) is 6.42 Å². The molecule has 1 aromatic carbocycles. The minimum absolute atomic E-state index is 0.141. The second-order valence-electron chi connectivity index (χ2n) is 3.89. The molecule has 1 atom stereocenters. The second-order valence-corrected chi connectivity index (χ2v) is 3.89. The van der Waals surface area contributed by atoms with Crippen LogP contribution in [0.2, 0.25) is 0 Å². The van der Waals surface area contributed by atoms with E-state index in [9.17, 15) is 4.39 Å². The van der Waals surface area contributed by atoms with Crippen LogP contribution in [0.4, 0.5) is 4.39 Å². The number of hydrogen-bond acceptors (Lipinski definition) is 0. The van der Waals surface area contributed by atoms with Gasteiger partial charge in [0.15, 0.2) is 0 Å². The first-order valence-electron chi connectivity index (χ1n) is 6.50. The fourth-order valence-corrected chi connectivity index (χ4v) is 1.81. The molecule has 0 N–H and O–H groups in total. The molecule has 0 amide bonds. The summed E-state index contributed by atoms with van der Waals surface area (Å²) in [5.74, 6) is 0.614. The van der Waals surface area contributed by atoms with E-state index < -0.39 is 0 Å². The minimum atomic E-state index is -0.141. The lowest BCUT2D eigenvalue weighted by molar-refractivity contribution is 0.462. The lowest BCUT2D eigenvalue weighted by atomic mass is 9.93. The number of halogens is 1. The van der Waals surface area contributed by atoms with Crippen LogP contribution in [0.1, 0.15) is 52.5 Å². The van der Waals surface area contributed by atoms with Crippen molar-refractivity contribution in [1.29, 1.82) is 0 Å². The van der Waals surface area contributed by atoms with Crippen LogP contribution in [0.5, 0.6) is 0 Å². The molecular formula is C15H25F. The standard InChI is InChI=1S/C13H19F.C2H6/c1-3-5-11(4-2)10-12-6-8-13(14)9-7-12;1-2/h6-9,11H,3-5,10H2,1-2H3;1-2H3. The zero-order chi connectivity index (χ0) is 12.4. The van der Waals surface area contributed by atoms with Crippen LogP contribution < -0.4 is 0 Å². The van der Waals surface area contributed by atoms with Crippen molar-refractivity contribution < 1.29 is 4.39 Å². The third kappa shape index (κ3) is 5.89. The molecule has 1 unspecified atom stereocenters. The van der Waals surface area contributed by atoms with E-state index >= 15 is 0 Å². The summed E-state index contributed by atoms with van der Waals surface area (Å²) in [7, 11) is 0. The predicted molar refractivity (Wildman–Crippen MR) is 70.1 cm³/mol. The van der Waals surface area contributed by atoms with Gasteiger partial charge in [-0.25, -0.2) is 4.39 Å². The third-order valence-electron chi connectivity index (χ3n) is 2.71. The Labute approximate surface area is 99.9 Å². The van der Waals surface area contributed by atoms with Crippen LogP contribution in [0.25, 0.3) is 0 Å². The molecular weight excluding hydrogens is 199 g/mol. The first kappa shape index (κ1) is 15.2. The topological polar surface area (TPSA) is 0 Å². The molecule has 0 aromatic heterocycles. The highest BCUT2D eigenvalue weighted by Gasteiger charge is 2.05. The van der Waals surface area contributed by atoms with E-state index in [0.29, 0.717) is 0 Å². The molecule has 0 saturated heterocycles. The van der Waals surface area contributed by atoms with E-state index in [2.05, 4.69) is 13.8 Å². The van der Waals surface area contributed by atoms with Gasteiger partial charge in [-0.05, 0) is 30.0 Å². The van der Waals surface area contributed by atoms with Crippen LogP contribution in [0, 0.1) is 11.7 Å². The molecule has 1 aromatic rings. The van der Waals surface area contributed by atoms with Crippen molar-refractivity contribution >= 4 is 0 Å². The Bertz CT molecular complexity index is 251. The molecule has 0 radical (unpaired) electrons. The first-order valence-corrected chi connectivity index (χ1v) is 6.50. The predicted octanol–water partition coefficient (Wildman–Crippen LogP) is 5.22. The van der Waals surface area contributed by atoms with Gasteiger partial charge in [-0.2, -0.15) is 0 Å². The smallest absolute Gasteiger partial charge is 0.123 e. The lowest BCUT2D eigenvalue weighted by Crippen LogP contribution is -2.02. The fourth-order valence-electron chi connectivity index (χ4n) is 1.81. The minimum Gasteiger partial charge on any atom is -0.207 e. The van der Waals surface area contributed by atoms with Crippen LogP contribution >= 0.6 is 0 Å². The molecule has 0 heterocycles. The highest BCUT2D eigenvalue weighted by atomic mass is 19.1. The van der Waals surface area contributed by atoms with E-state index in [-0.39, 0.29) is 5.82 Å². The number of hydrogen-bond donors (Lipinski definition) is 0. The summed E-state index contributed by atoms with van der Waals surface area (Å²) in [5.41, 5.74) is 1.26. The lowest BCUT2D eigenvalue weighted by Gasteiger charge is -2.13. The van der Waals surface area contributed by atoms with Crippen LogP contribution in [0.15, 0.2) is 24.3 Å². The maximum Gasteiger partial charge on any atom is 0.123 e. The largest absolute Gasteiger partial charge is 0.207 e. The molecule has 0 bridgehead atoms. The molecule has 0 nitrogen and oxygen atoms in total. The van der Waals surface area contributed by atoms with Gasteiger partial charge in [0.25, 0.3) is 0 Å². The second kappa shape index (κ2) is 9.38. The number of benzene rings is 1. The molecule has 0 aliphatic carbocycles. The summed E-state index contributed by atoms with van der Waals surface area (Å²) in [5, 5.41) is 0. The van der Waals surface area contributed by atoms with Crippen molar-refractivity contribution in [3.05, 3.63) is 35.6 Å². The van der Waals surface area contributed by atoms with Gasteiger partial charge in [-0.15, -0.1) is 0 Å². The molecule has 0 aliphatic rings. The first-order chi connectivity index (χ1) is 7.76. The average Bonchev–Trinajstić information content (AvgIpc) is 2.34. The van der Waals surface area contributed by atoms with Crippen LogP contribution in [-0.4, -0.2) is 0 Å². The molecule has 0 fully saturated rings. The SMILES string of the molecule is CC.CCCC(CC)Cc1ccc(F)cc1. The van der Waals surface area contributed by atoms with Crippen molar-refractivity contribution in [1.82, 2.24) is 0 Å². The molecule has 0 aliphatic heterocycles. The van der Waals surface area contributed by atoms with E-state index in [1.165, 1.54) is 24.8 Å². The normalized spacial score (nSPS) is 11.6. The van der Waals surface area contributed by atoms with Crippen molar-refractivity contribution in [3.63, 3.8) is 0 Å². The fraction of sp³-hybridized carbons (Fsp3) is 0.600. The van der Waals surface area contributed by atoms with Gasteiger partial charge in [-0.1, -0.05) is 59.1 Å². The van der Waals surface area contributed by atoms with Crippen molar-refractivity contribution in [2.75, 3.05) is 0 Å². The Hall–Kier alpha value is -0.850. The molecule has 0 saturated carbocycles. The van der Waals surface area contributed by atoms with E-state index in [1.807, 2.05) is 26.0 Å². The van der Waals surface area contributed by atoms with Crippen molar-refractivity contribution in [2.24, 2.45) is 5.92 Å². The Morgan fingerprint density at radius 3 is 2.06 bits per heavy atom. The van der Waals surface area contributed by atoms with Gasteiger partial charge in [0, 0.05) is 0 Å². The quantitative estimate of drug-likeness (QED) is 0.643. The van der Waals surface area contributed by atoms with E-state index in [0.717, 1.165) is 12.3 Å². The zero-order valence-electron chi connectivity index (χ0n) is 11.1. The molecule has 92 valence electrons. The maximum atomic E-state index is 12.7. The van der Waals surface area contributed by atoms with Gasteiger partial charge in [0.1, 0.15) is 5.82 Å². The van der Waals surface area contributed by atoms with Gasteiger partial charge in [0.05, 0.1) is 0 Å². The van der Waals surface area contributed by atoms with E-state index in [1.54, 1.807) is 12.1 Å². The third-order valence-corrected chi connectivity index (χ3v) is 2.71. The average molecular weight is 224 g/mol. The van der Waals surface area contributed by atoms with Crippen molar-refractivity contribution in [2.45, 2.75) is 53.4 Å². The monoisotopic (exact) mass is 224 g/mol. The molecule has 0 spiro atoms. The van der Waals surface area contributed by atoms with E-state index in [4.69, 9.17) is 0 Å². The van der Waals surface area contributed by atoms with Crippen LogP contribution in [0.3, 0.4) is 0 Å². The van der Waals surface area contributed by atoms with Gasteiger partial charge >= 0.3 is 0 Å². The summed E-state index contributed by atoms with van der Waals surface area (Å²) >= 11 is 0. The summed E-state index contributed by atoms with van der Waals surface area (Å²) in [6.07, 6.45) is 4.81. The summed E-state index contributed by atoms with van der Waals surface area (Å²) in [6.45, 7) is 8.44. The summed E-state index contributed by atoms with van der Waals surface area (Å²) in [4.78, 5) is 0. The summed E-state index contributed by atoms with van der Waals surface area (Å²) < 4.78 is 12.7. The summed E-state index contributed by atoms with van der Waals surface area (Å²) in [6, 6.07) is 6.89.